The zero-order valence-corrected chi connectivity index (χ0v) is 14.9. The Bertz CT molecular complexity index is 603. The summed E-state index contributed by atoms with van der Waals surface area (Å²) in [6, 6.07) is 3.25. The zero-order valence-electron chi connectivity index (χ0n) is 13.1. The third-order valence-electron chi connectivity index (χ3n) is 2.83. The summed E-state index contributed by atoms with van der Waals surface area (Å²) >= 11 is 5.98. The summed E-state index contributed by atoms with van der Waals surface area (Å²) in [7, 11) is -1.55. The summed E-state index contributed by atoms with van der Waals surface area (Å²) in [5.41, 5.74) is 4.55. The summed E-state index contributed by atoms with van der Waals surface area (Å²) in [6.07, 6.45) is 1.10. The van der Waals surface area contributed by atoms with Gasteiger partial charge in [0, 0.05) is 12.1 Å². The van der Waals surface area contributed by atoms with E-state index in [4.69, 9.17) is 16.7 Å². The van der Waals surface area contributed by atoms with E-state index in [0.717, 1.165) is 12.0 Å². The predicted octanol–water partition coefficient (Wildman–Crippen LogP) is 4.30. The van der Waals surface area contributed by atoms with Gasteiger partial charge in [-0.2, -0.15) is 0 Å². The van der Waals surface area contributed by atoms with E-state index in [-0.39, 0.29) is 5.02 Å². The summed E-state index contributed by atoms with van der Waals surface area (Å²) in [6.45, 7) is 6.74. The Kier molecular flexibility index (Phi) is 6.91. The van der Waals surface area contributed by atoms with Crippen LogP contribution in [0.5, 0.6) is 0 Å². The van der Waals surface area contributed by atoms with Crippen molar-refractivity contribution in [2.24, 2.45) is 0 Å². The number of hydrogen-bond donors (Lipinski definition) is 2. The normalized spacial score (nSPS) is 10.8. The highest BCUT2D eigenvalue weighted by Gasteiger charge is 2.10. The van der Waals surface area contributed by atoms with Crippen molar-refractivity contribution in [2.45, 2.75) is 38.9 Å². The molecule has 0 aliphatic rings. The summed E-state index contributed by atoms with van der Waals surface area (Å²) in [5.74, 6) is 2.54. The SMILES string of the molecule is C[Si](C)(C)C#Cc1cc(CCCCNC(=O)O)cc(F)c1Cl. The van der Waals surface area contributed by atoms with Gasteiger partial charge in [-0.1, -0.05) is 37.2 Å². The molecule has 1 amide bonds. The number of carboxylic acid groups (broad SMARTS) is 1. The van der Waals surface area contributed by atoms with Crippen molar-refractivity contribution in [3.63, 3.8) is 0 Å². The molecule has 0 spiro atoms. The Morgan fingerprint density at radius 3 is 2.64 bits per heavy atom. The minimum atomic E-state index is -1.55. The summed E-state index contributed by atoms with van der Waals surface area (Å²) < 4.78 is 13.9. The second kappa shape index (κ2) is 8.21. The van der Waals surface area contributed by atoms with Gasteiger partial charge in [0.1, 0.15) is 13.9 Å². The molecule has 22 heavy (non-hydrogen) atoms. The fourth-order valence-corrected chi connectivity index (χ4v) is 2.45. The molecule has 0 radical (unpaired) electrons. The van der Waals surface area contributed by atoms with E-state index in [2.05, 4.69) is 36.4 Å². The maximum absolute atomic E-state index is 13.9. The third kappa shape index (κ3) is 6.97. The van der Waals surface area contributed by atoms with Gasteiger partial charge in [-0.25, -0.2) is 9.18 Å². The molecule has 0 heterocycles. The molecule has 1 rings (SSSR count). The second-order valence-electron chi connectivity index (χ2n) is 6.13. The molecule has 1 aromatic carbocycles. The number of unbranched alkanes of at least 4 members (excludes halogenated alkanes) is 1. The van der Waals surface area contributed by atoms with Crippen LogP contribution in [0, 0.1) is 17.3 Å². The molecule has 0 atom stereocenters. The van der Waals surface area contributed by atoms with Crippen molar-refractivity contribution < 1.29 is 14.3 Å². The third-order valence-corrected chi connectivity index (χ3v) is 4.09. The fraction of sp³-hybridized carbons (Fsp3) is 0.438. The molecule has 0 saturated heterocycles. The monoisotopic (exact) mass is 341 g/mol. The Hall–Kier alpha value is -1.51. The average Bonchev–Trinajstić information content (AvgIpc) is 2.39. The number of rotatable bonds is 5. The van der Waals surface area contributed by atoms with Gasteiger partial charge < -0.3 is 10.4 Å². The minimum Gasteiger partial charge on any atom is -0.465 e. The minimum absolute atomic E-state index is 0.0713. The lowest BCUT2D eigenvalue weighted by Crippen LogP contribution is -2.21. The Balaban J connectivity index is 2.74. The van der Waals surface area contributed by atoms with Crippen molar-refractivity contribution in [3.8, 4) is 11.5 Å². The van der Waals surface area contributed by atoms with Gasteiger partial charge in [0.15, 0.2) is 0 Å². The van der Waals surface area contributed by atoms with Gasteiger partial charge in [0.25, 0.3) is 0 Å². The standard InChI is InChI=1S/C16H21ClFNO2Si/c1-22(2,3)9-7-13-10-12(11-14(18)15(13)17)6-4-5-8-19-16(20)21/h10-11,19H,4-6,8H2,1-3H3,(H,20,21). The first kappa shape index (κ1) is 18.5. The summed E-state index contributed by atoms with van der Waals surface area (Å²) in [4.78, 5) is 10.3. The highest BCUT2D eigenvalue weighted by atomic mass is 35.5. The van der Waals surface area contributed by atoms with Gasteiger partial charge in [0.05, 0.1) is 5.02 Å². The molecule has 0 aliphatic heterocycles. The van der Waals surface area contributed by atoms with Crippen LogP contribution in [0.1, 0.15) is 24.0 Å². The van der Waals surface area contributed by atoms with Gasteiger partial charge >= 0.3 is 6.09 Å². The molecular weight excluding hydrogens is 321 g/mol. The Morgan fingerprint density at radius 2 is 2.05 bits per heavy atom. The first-order valence-corrected chi connectivity index (χ1v) is 11.0. The van der Waals surface area contributed by atoms with Crippen LogP contribution in [0.25, 0.3) is 0 Å². The largest absolute Gasteiger partial charge is 0.465 e. The molecule has 6 heteroatoms. The topological polar surface area (TPSA) is 49.3 Å². The van der Waals surface area contributed by atoms with Gasteiger partial charge in [-0.15, -0.1) is 5.54 Å². The van der Waals surface area contributed by atoms with Crippen LogP contribution in [0.15, 0.2) is 12.1 Å². The first-order valence-electron chi connectivity index (χ1n) is 7.17. The van der Waals surface area contributed by atoms with E-state index in [1.165, 1.54) is 6.07 Å². The van der Waals surface area contributed by atoms with Crippen LogP contribution in [0.3, 0.4) is 0 Å². The van der Waals surface area contributed by atoms with Crippen molar-refractivity contribution in [2.75, 3.05) is 6.54 Å². The molecule has 0 aromatic heterocycles. The van der Waals surface area contributed by atoms with Crippen LogP contribution in [-0.4, -0.2) is 25.8 Å². The predicted molar refractivity (Wildman–Crippen MR) is 90.6 cm³/mol. The maximum atomic E-state index is 13.9. The zero-order chi connectivity index (χ0) is 16.8. The number of aryl methyl sites for hydroxylation is 1. The number of nitrogens with one attached hydrogen (secondary N) is 1. The second-order valence-corrected chi connectivity index (χ2v) is 11.3. The average molecular weight is 342 g/mol. The van der Waals surface area contributed by atoms with Crippen molar-refractivity contribution >= 4 is 25.8 Å². The fourth-order valence-electron chi connectivity index (χ4n) is 1.78. The van der Waals surface area contributed by atoms with Gasteiger partial charge in [-0.3, -0.25) is 0 Å². The highest BCUT2D eigenvalue weighted by molar-refractivity contribution is 6.83. The van der Waals surface area contributed by atoms with Crippen LogP contribution in [0.2, 0.25) is 24.7 Å². The van der Waals surface area contributed by atoms with E-state index in [0.29, 0.717) is 24.9 Å². The smallest absolute Gasteiger partial charge is 0.404 e. The number of hydrogen-bond acceptors (Lipinski definition) is 1. The van der Waals surface area contributed by atoms with E-state index >= 15 is 0 Å². The molecule has 0 bridgehead atoms. The van der Waals surface area contributed by atoms with E-state index in [9.17, 15) is 9.18 Å². The molecule has 120 valence electrons. The highest BCUT2D eigenvalue weighted by Crippen LogP contribution is 2.22. The lowest BCUT2D eigenvalue weighted by atomic mass is 10.0. The van der Waals surface area contributed by atoms with Crippen molar-refractivity contribution in [3.05, 3.63) is 34.1 Å². The van der Waals surface area contributed by atoms with Crippen LogP contribution >= 0.6 is 11.6 Å². The summed E-state index contributed by atoms with van der Waals surface area (Å²) in [5, 5.41) is 10.8. The van der Waals surface area contributed by atoms with E-state index in [1.807, 2.05) is 6.07 Å². The number of amides is 1. The van der Waals surface area contributed by atoms with Crippen LogP contribution in [-0.2, 0) is 6.42 Å². The van der Waals surface area contributed by atoms with Gasteiger partial charge in [0.2, 0.25) is 0 Å². The lowest BCUT2D eigenvalue weighted by Gasteiger charge is -2.07. The molecule has 2 N–H and O–H groups in total. The van der Waals surface area contributed by atoms with Crippen molar-refractivity contribution in [1.29, 1.82) is 0 Å². The molecular formula is C16H21ClFNO2Si. The molecule has 0 fully saturated rings. The maximum Gasteiger partial charge on any atom is 0.404 e. The van der Waals surface area contributed by atoms with Crippen molar-refractivity contribution in [1.82, 2.24) is 5.32 Å². The molecule has 0 aliphatic carbocycles. The Labute approximate surface area is 136 Å². The lowest BCUT2D eigenvalue weighted by molar-refractivity contribution is 0.194. The van der Waals surface area contributed by atoms with Crippen LogP contribution in [0.4, 0.5) is 9.18 Å². The Morgan fingerprint density at radius 1 is 1.36 bits per heavy atom. The quantitative estimate of drug-likeness (QED) is 0.476. The number of carbonyl (C=O) groups is 1. The molecule has 0 unspecified atom stereocenters. The molecule has 1 aromatic rings. The molecule has 0 saturated carbocycles. The van der Waals surface area contributed by atoms with Gasteiger partial charge in [-0.05, 0) is 37.0 Å². The number of benzene rings is 1. The van der Waals surface area contributed by atoms with E-state index in [1.54, 1.807) is 0 Å². The van der Waals surface area contributed by atoms with Crippen LogP contribution < -0.4 is 5.32 Å². The molecule has 3 nitrogen and oxygen atoms in total. The first-order chi connectivity index (χ1) is 10.2. The number of halogens is 2. The van der Waals surface area contributed by atoms with E-state index < -0.39 is 20.0 Å².